The first-order chi connectivity index (χ1) is 10.2. The Bertz CT molecular complexity index is 626. The molecule has 0 N–H and O–H groups in total. The van der Waals surface area contributed by atoms with Crippen LogP contribution in [0.15, 0.2) is 21.1 Å². The molecule has 3 heterocycles. The fourth-order valence-electron chi connectivity index (χ4n) is 2.00. The van der Waals surface area contributed by atoms with Crippen molar-refractivity contribution in [2.24, 2.45) is 0 Å². The Morgan fingerprint density at radius 3 is 3.10 bits per heavy atom. The lowest BCUT2D eigenvalue weighted by Gasteiger charge is -2.10. The van der Waals surface area contributed by atoms with E-state index in [9.17, 15) is 4.79 Å². The number of aromatic nitrogens is 2. The normalized spacial score (nSPS) is 14.7. The van der Waals surface area contributed by atoms with Crippen LogP contribution < -0.4 is 0 Å². The van der Waals surface area contributed by atoms with Gasteiger partial charge < -0.3 is 14.1 Å². The van der Waals surface area contributed by atoms with Crippen molar-refractivity contribution in [2.75, 3.05) is 25.4 Å². The summed E-state index contributed by atoms with van der Waals surface area (Å²) in [5.74, 6) is 1.41. The molecule has 0 bridgehead atoms. The molecule has 1 aliphatic heterocycles. The highest BCUT2D eigenvalue weighted by Crippen LogP contribution is 2.30. The number of rotatable bonds is 6. The molecule has 112 valence electrons. The molecule has 0 saturated carbocycles. The van der Waals surface area contributed by atoms with E-state index in [2.05, 4.69) is 10.2 Å². The summed E-state index contributed by atoms with van der Waals surface area (Å²) < 4.78 is 10.5. The Labute approximate surface area is 130 Å². The van der Waals surface area contributed by atoms with Gasteiger partial charge in [-0.05, 0) is 30.4 Å². The van der Waals surface area contributed by atoms with Crippen molar-refractivity contribution >= 4 is 29.2 Å². The zero-order valence-corrected chi connectivity index (χ0v) is 13.2. The topological polar surface area (TPSA) is 68.5 Å². The number of cyclic esters (lactones) is 1. The van der Waals surface area contributed by atoms with Crippen molar-refractivity contribution in [3.63, 3.8) is 0 Å². The zero-order chi connectivity index (χ0) is 14.7. The van der Waals surface area contributed by atoms with Gasteiger partial charge >= 0.3 is 6.09 Å². The molecule has 2 aromatic rings. The van der Waals surface area contributed by atoms with Crippen molar-refractivity contribution in [2.45, 2.75) is 18.6 Å². The van der Waals surface area contributed by atoms with Gasteiger partial charge in [0.05, 0.1) is 11.4 Å². The van der Waals surface area contributed by atoms with Gasteiger partial charge in [-0.3, -0.25) is 0 Å². The molecule has 6 nitrogen and oxygen atoms in total. The Balaban J connectivity index is 1.47. The molecular weight excluding hydrogens is 310 g/mol. The molecule has 2 aromatic heterocycles. The highest BCUT2D eigenvalue weighted by atomic mass is 32.2. The van der Waals surface area contributed by atoms with E-state index >= 15 is 0 Å². The fourth-order valence-corrected chi connectivity index (χ4v) is 3.53. The third-order valence-electron chi connectivity index (χ3n) is 3.11. The Morgan fingerprint density at radius 1 is 1.48 bits per heavy atom. The summed E-state index contributed by atoms with van der Waals surface area (Å²) in [4.78, 5) is 14.0. The highest BCUT2D eigenvalue weighted by molar-refractivity contribution is 7.99. The van der Waals surface area contributed by atoms with E-state index in [1.165, 1.54) is 11.8 Å². The predicted octanol–water partition coefficient (Wildman–Crippen LogP) is 3.04. The minimum atomic E-state index is -0.215. The fraction of sp³-hybridized carbons (Fsp3) is 0.462. The van der Waals surface area contributed by atoms with Crippen LogP contribution in [-0.2, 0) is 4.74 Å². The lowest BCUT2D eigenvalue weighted by Crippen LogP contribution is -2.25. The number of ether oxygens (including phenoxy) is 1. The smallest absolute Gasteiger partial charge is 0.409 e. The predicted molar refractivity (Wildman–Crippen MR) is 80.6 cm³/mol. The van der Waals surface area contributed by atoms with E-state index in [0.717, 1.165) is 22.6 Å². The van der Waals surface area contributed by atoms with Gasteiger partial charge in [0.25, 0.3) is 11.1 Å². The van der Waals surface area contributed by atoms with Crippen LogP contribution in [0.4, 0.5) is 4.79 Å². The monoisotopic (exact) mass is 325 g/mol. The van der Waals surface area contributed by atoms with E-state index in [4.69, 9.17) is 9.15 Å². The minimum Gasteiger partial charge on any atom is -0.448 e. The van der Waals surface area contributed by atoms with Gasteiger partial charge in [-0.2, -0.15) is 0 Å². The van der Waals surface area contributed by atoms with Crippen LogP contribution in [-0.4, -0.2) is 46.6 Å². The van der Waals surface area contributed by atoms with Crippen LogP contribution in [0.1, 0.15) is 12.0 Å². The maximum Gasteiger partial charge on any atom is 0.409 e. The molecule has 0 unspecified atom stereocenters. The second-order valence-corrected chi connectivity index (χ2v) is 6.57. The second kappa shape index (κ2) is 6.48. The minimum absolute atomic E-state index is 0.215. The van der Waals surface area contributed by atoms with Crippen molar-refractivity contribution in [1.82, 2.24) is 15.1 Å². The highest BCUT2D eigenvalue weighted by Gasteiger charge is 2.21. The van der Waals surface area contributed by atoms with Gasteiger partial charge in [0.1, 0.15) is 6.61 Å². The number of amides is 1. The van der Waals surface area contributed by atoms with E-state index in [1.807, 2.05) is 18.4 Å². The van der Waals surface area contributed by atoms with Gasteiger partial charge in [-0.15, -0.1) is 21.5 Å². The maximum absolute atomic E-state index is 11.3. The number of hydrogen-bond acceptors (Lipinski definition) is 7. The van der Waals surface area contributed by atoms with Crippen LogP contribution in [0.25, 0.3) is 10.8 Å². The number of carbonyl (C=O) groups is 1. The molecule has 3 rings (SSSR count). The third kappa shape index (κ3) is 3.38. The van der Waals surface area contributed by atoms with Crippen LogP contribution in [0.2, 0.25) is 0 Å². The SMILES string of the molecule is Cc1ccsc1-c1nnc(SCCCN2CCOC2=O)o1. The summed E-state index contributed by atoms with van der Waals surface area (Å²) in [6.07, 6.45) is 0.656. The Hall–Kier alpha value is -1.54. The first kappa shape index (κ1) is 14.4. The Morgan fingerprint density at radius 2 is 2.38 bits per heavy atom. The molecule has 0 atom stereocenters. The molecule has 0 spiro atoms. The van der Waals surface area contributed by atoms with Gasteiger partial charge in [-0.25, -0.2) is 4.79 Å². The van der Waals surface area contributed by atoms with E-state index < -0.39 is 0 Å². The quantitative estimate of drug-likeness (QED) is 0.600. The molecule has 1 aliphatic rings. The van der Waals surface area contributed by atoms with E-state index in [-0.39, 0.29) is 6.09 Å². The molecular formula is C13H15N3O3S2. The van der Waals surface area contributed by atoms with Gasteiger partial charge in [-0.1, -0.05) is 11.8 Å². The van der Waals surface area contributed by atoms with Gasteiger partial charge in [0.2, 0.25) is 0 Å². The maximum atomic E-state index is 11.3. The summed E-state index contributed by atoms with van der Waals surface area (Å²) in [5.41, 5.74) is 1.15. The van der Waals surface area contributed by atoms with Crippen LogP contribution >= 0.6 is 23.1 Å². The summed E-state index contributed by atoms with van der Waals surface area (Å²) in [5, 5.41) is 10.7. The number of thioether (sulfide) groups is 1. The lowest BCUT2D eigenvalue weighted by molar-refractivity contribution is 0.158. The number of aryl methyl sites for hydroxylation is 1. The standard InChI is InChI=1S/C13H15N3O3S2/c1-9-3-8-20-10(9)11-14-15-12(19-11)21-7-2-4-16-5-6-18-13(16)17/h3,8H,2,4-7H2,1H3. The summed E-state index contributed by atoms with van der Waals surface area (Å²) in [6, 6.07) is 2.03. The molecule has 0 radical (unpaired) electrons. The summed E-state index contributed by atoms with van der Waals surface area (Å²) in [6.45, 7) is 3.92. The molecule has 1 amide bonds. The number of carbonyl (C=O) groups excluding carboxylic acids is 1. The lowest BCUT2D eigenvalue weighted by atomic mass is 10.3. The van der Waals surface area contributed by atoms with E-state index in [0.29, 0.717) is 30.8 Å². The number of nitrogens with zero attached hydrogens (tertiary/aromatic N) is 3. The Kier molecular flexibility index (Phi) is 4.45. The molecule has 1 saturated heterocycles. The number of hydrogen-bond donors (Lipinski definition) is 0. The third-order valence-corrected chi connectivity index (χ3v) is 5.01. The summed E-state index contributed by atoms with van der Waals surface area (Å²) in [7, 11) is 0. The second-order valence-electron chi connectivity index (χ2n) is 4.61. The van der Waals surface area contributed by atoms with Gasteiger partial charge in [0, 0.05) is 12.3 Å². The van der Waals surface area contributed by atoms with Crippen LogP contribution in [0, 0.1) is 6.92 Å². The van der Waals surface area contributed by atoms with Crippen LogP contribution in [0.5, 0.6) is 0 Å². The number of thiophene rings is 1. The summed E-state index contributed by atoms with van der Waals surface area (Å²) >= 11 is 3.11. The molecule has 0 aromatic carbocycles. The average Bonchev–Trinajstić information content (AvgIpc) is 3.17. The molecule has 8 heteroatoms. The van der Waals surface area contributed by atoms with E-state index in [1.54, 1.807) is 16.2 Å². The van der Waals surface area contributed by atoms with Crippen molar-refractivity contribution in [1.29, 1.82) is 0 Å². The largest absolute Gasteiger partial charge is 0.448 e. The van der Waals surface area contributed by atoms with Gasteiger partial charge in [0.15, 0.2) is 0 Å². The van der Waals surface area contributed by atoms with Crippen molar-refractivity contribution < 1.29 is 13.9 Å². The molecule has 1 fully saturated rings. The zero-order valence-electron chi connectivity index (χ0n) is 11.6. The first-order valence-corrected chi connectivity index (χ1v) is 8.53. The first-order valence-electron chi connectivity index (χ1n) is 6.66. The molecule has 21 heavy (non-hydrogen) atoms. The van der Waals surface area contributed by atoms with Crippen molar-refractivity contribution in [3.8, 4) is 10.8 Å². The molecule has 0 aliphatic carbocycles. The van der Waals surface area contributed by atoms with Crippen molar-refractivity contribution in [3.05, 3.63) is 17.0 Å². The van der Waals surface area contributed by atoms with Crippen LogP contribution in [0.3, 0.4) is 0 Å². The average molecular weight is 325 g/mol.